The number of hydrogen-bond donors (Lipinski definition) is 4. The zero-order chi connectivity index (χ0) is 18.9. The second kappa shape index (κ2) is 4.50. The standard InChI is InChI=1S/C20H26O6/c1-9-10-4-5-11-18-7-6-12(21)17(2,3)13(18)16(24)20(25,26-8-18)19(11,14(9)22)15(10)23/h6-7,10-13,15-16,21,23-25H,1,4-5,8H2,2-3H3/t10-,11-,12-,13+,15+,16-,18+,19-,20-/m0/s1. The van der Waals surface area contributed by atoms with Crippen LogP contribution < -0.4 is 0 Å². The molecule has 6 heteroatoms. The molecule has 0 aromatic carbocycles. The van der Waals surface area contributed by atoms with E-state index in [-0.39, 0.29) is 18.3 Å². The van der Waals surface area contributed by atoms with Crippen LogP contribution in [-0.2, 0) is 9.53 Å². The predicted molar refractivity (Wildman–Crippen MR) is 90.6 cm³/mol. The molecule has 6 aliphatic rings. The van der Waals surface area contributed by atoms with Gasteiger partial charge in [0.2, 0.25) is 5.79 Å². The highest BCUT2D eigenvalue weighted by Gasteiger charge is 2.85. The first kappa shape index (κ1) is 17.1. The summed E-state index contributed by atoms with van der Waals surface area (Å²) < 4.78 is 5.80. The van der Waals surface area contributed by atoms with E-state index in [0.717, 1.165) is 0 Å². The maximum Gasteiger partial charge on any atom is 0.208 e. The van der Waals surface area contributed by atoms with E-state index < -0.39 is 52.2 Å². The molecule has 0 unspecified atom stereocenters. The Hall–Kier alpha value is -1.05. The van der Waals surface area contributed by atoms with Crippen LogP contribution >= 0.6 is 0 Å². The second-order valence-corrected chi connectivity index (χ2v) is 9.55. The van der Waals surface area contributed by atoms with Gasteiger partial charge in [-0.05, 0) is 24.3 Å². The monoisotopic (exact) mass is 362 g/mol. The number of rotatable bonds is 0. The number of Topliss-reactive ketones (excluding diaryl/α,β-unsaturated/α-hetero) is 1. The van der Waals surface area contributed by atoms with Crippen LogP contribution in [0.15, 0.2) is 24.3 Å². The highest BCUT2D eigenvalue weighted by molar-refractivity contribution is 6.05. The number of ketones is 1. The van der Waals surface area contributed by atoms with Crippen molar-refractivity contribution in [2.45, 2.75) is 50.8 Å². The summed E-state index contributed by atoms with van der Waals surface area (Å²) in [5, 5.41) is 44.5. The largest absolute Gasteiger partial charge is 0.391 e. The summed E-state index contributed by atoms with van der Waals surface area (Å²) in [5.41, 5.74) is -2.71. The minimum atomic E-state index is -2.18. The topological polar surface area (TPSA) is 107 Å². The molecular weight excluding hydrogens is 336 g/mol. The molecule has 0 radical (unpaired) electrons. The smallest absolute Gasteiger partial charge is 0.208 e. The lowest BCUT2D eigenvalue weighted by Gasteiger charge is -2.72. The predicted octanol–water partition coefficient (Wildman–Crippen LogP) is 0.152. The van der Waals surface area contributed by atoms with Gasteiger partial charge in [0.15, 0.2) is 5.78 Å². The van der Waals surface area contributed by atoms with E-state index in [1.807, 2.05) is 19.9 Å². The number of aliphatic hydroxyl groups excluding tert-OH is 3. The first-order valence-corrected chi connectivity index (χ1v) is 9.40. The molecule has 4 aliphatic carbocycles. The van der Waals surface area contributed by atoms with Gasteiger partial charge in [-0.2, -0.15) is 0 Å². The first-order chi connectivity index (χ1) is 12.1. The van der Waals surface area contributed by atoms with Crippen molar-refractivity contribution < 1.29 is 30.0 Å². The quantitative estimate of drug-likeness (QED) is 0.361. The minimum absolute atomic E-state index is 0.154. The van der Waals surface area contributed by atoms with Crippen LogP contribution in [0.1, 0.15) is 26.7 Å². The number of carbonyl (C=O) groups excluding carboxylic acids is 1. The van der Waals surface area contributed by atoms with Gasteiger partial charge in [0.25, 0.3) is 0 Å². The Morgan fingerprint density at radius 1 is 1.19 bits per heavy atom. The number of fused-ring (bicyclic) bond motifs is 2. The molecule has 9 atom stereocenters. The minimum Gasteiger partial charge on any atom is -0.391 e. The lowest BCUT2D eigenvalue weighted by molar-refractivity contribution is -0.438. The van der Waals surface area contributed by atoms with Gasteiger partial charge in [-0.3, -0.25) is 4.79 Å². The van der Waals surface area contributed by atoms with Gasteiger partial charge < -0.3 is 25.2 Å². The average Bonchev–Trinajstić information content (AvgIpc) is 2.69. The Labute approximate surface area is 152 Å². The van der Waals surface area contributed by atoms with Crippen LogP contribution in [0.3, 0.4) is 0 Å². The van der Waals surface area contributed by atoms with Crippen molar-refractivity contribution in [3.63, 3.8) is 0 Å². The lowest BCUT2D eigenvalue weighted by atomic mass is 9.37. The van der Waals surface area contributed by atoms with Gasteiger partial charge in [0.05, 0.1) is 18.8 Å². The van der Waals surface area contributed by atoms with E-state index in [1.54, 1.807) is 6.08 Å². The molecule has 2 spiro atoms. The normalized spacial score (nSPS) is 59.3. The van der Waals surface area contributed by atoms with E-state index in [9.17, 15) is 25.2 Å². The zero-order valence-electron chi connectivity index (χ0n) is 15.1. The van der Waals surface area contributed by atoms with Gasteiger partial charge in [-0.15, -0.1) is 0 Å². The average molecular weight is 362 g/mol. The van der Waals surface area contributed by atoms with E-state index in [4.69, 9.17) is 4.74 Å². The van der Waals surface area contributed by atoms with E-state index in [2.05, 4.69) is 6.58 Å². The summed E-state index contributed by atoms with van der Waals surface area (Å²) in [6, 6.07) is 0. The maximum atomic E-state index is 13.3. The van der Waals surface area contributed by atoms with Crippen molar-refractivity contribution in [2.24, 2.45) is 34.0 Å². The van der Waals surface area contributed by atoms with Crippen molar-refractivity contribution >= 4 is 5.78 Å². The van der Waals surface area contributed by atoms with Crippen molar-refractivity contribution in [2.75, 3.05) is 6.61 Å². The van der Waals surface area contributed by atoms with Crippen molar-refractivity contribution in [1.29, 1.82) is 0 Å². The molecule has 6 rings (SSSR count). The SMILES string of the molecule is C=C1C(=O)[C@]23[C@H](O)[C@H]1CC[C@H]2[C@]12C=C[C@H](O)C(C)(C)[C@H]1[C@H](O)[C@]3(O)OC2. The fourth-order valence-electron chi connectivity index (χ4n) is 7.34. The van der Waals surface area contributed by atoms with Gasteiger partial charge in [0, 0.05) is 22.7 Å². The number of hydrogen-bond acceptors (Lipinski definition) is 6. The Morgan fingerprint density at radius 2 is 1.88 bits per heavy atom. The van der Waals surface area contributed by atoms with Crippen molar-refractivity contribution in [3.05, 3.63) is 24.3 Å². The maximum absolute atomic E-state index is 13.3. The van der Waals surface area contributed by atoms with Gasteiger partial charge in [-0.25, -0.2) is 0 Å². The molecule has 4 N–H and O–H groups in total. The second-order valence-electron chi connectivity index (χ2n) is 9.55. The van der Waals surface area contributed by atoms with Gasteiger partial charge in [0.1, 0.15) is 11.5 Å². The summed E-state index contributed by atoms with van der Waals surface area (Å²) in [5.74, 6) is -3.83. The Kier molecular flexibility index (Phi) is 2.95. The molecule has 2 heterocycles. The molecule has 2 aliphatic heterocycles. The number of carbonyl (C=O) groups is 1. The van der Waals surface area contributed by atoms with E-state index >= 15 is 0 Å². The zero-order valence-corrected chi connectivity index (χ0v) is 15.1. The molecule has 4 bridgehead atoms. The number of aliphatic hydroxyl groups is 4. The van der Waals surface area contributed by atoms with Gasteiger partial charge >= 0.3 is 0 Å². The summed E-state index contributed by atoms with van der Waals surface area (Å²) >= 11 is 0. The van der Waals surface area contributed by atoms with Crippen LogP contribution in [0.4, 0.5) is 0 Å². The van der Waals surface area contributed by atoms with Crippen LogP contribution in [0.5, 0.6) is 0 Å². The molecule has 2 saturated heterocycles. The third kappa shape index (κ3) is 1.37. The molecule has 5 fully saturated rings. The number of ether oxygens (including phenoxy) is 1. The van der Waals surface area contributed by atoms with E-state index in [0.29, 0.717) is 18.4 Å². The third-order valence-electron chi connectivity index (χ3n) is 8.51. The molecule has 3 saturated carbocycles. The highest BCUT2D eigenvalue weighted by atomic mass is 16.6. The Balaban J connectivity index is 1.82. The molecule has 142 valence electrons. The molecule has 26 heavy (non-hydrogen) atoms. The van der Waals surface area contributed by atoms with Crippen LogP contribution in [-0.4, -0.2) is 56.9 Å². The molecule has 6 nitrogen and oxygen atoms in total. The Morgan fingerprint density at radius 3 is 2.58 bits per heavy atom. The summed E-state index contributed by atoms with van der Waals surface area (Å²) in [6.45, 7) is 7.77. The van der Waals surface area contributed by atoms with E-state index in [1.165, 1.54) is 0 Å². The molecule has 0 amide bonds. The molecule has 0 aromatic rings. The lowest BCUT2D eigenvalue weighted by Crippen LogP contribution is -2.83. The highest BCUT2D eigenvalue weighted by Crippen LogP contribution is 2.75. The van der Waals surface area contributed by atoms with Crippen molar-refractivity contribution in [3.8, 4) is 0 Å². The fraction of sp³-hybridized carbons (Fsp3) is 0.750. The summed E-state index contributed by atoms with van der Waals surface area (Å²) in [7, 11) is 0. The third-order valence-corrected chi connectivity index (χ3v) is 8.51. The van der Waals surface area contributed by atoms with Crippen molar-refractivity contribution in [1.82, 2.24) is 0 Å². The molecule has 0 aromatic heterocycles. The fourth-order valence-corrected chi connectivity index (χ4v) is 7.34. The van der Waals surface area contributed by atoms with Gasteiger partial charge in [-0.1, -0.05) is 32.6 Å². The summed E-state index contributed by atoms with van der Waals surface area (Å²) in [6.07, 6.45) is 1.54. The molecular formula is C20H26O6. The van der Waals surface area contributed by atoms with Crippen LogP contribution in [0.2, 0.25) is 0 Å². The first-order valence-electron chi connectivity index (χ1n) is 9.40. The Bertz CT molecular complexity index is 757. The van der Waals surface area contributed by atoms with Crippen LogP contribution in [0.25, 0.3) is 0 Å². The summed E-state index contributed by atoms with van der Waals surface area (Å²) in [4.78, 5) is 13.3. The van der Waals surface area contributed by atoms with Crippen LogP contribution in [0, 0.1) is 34.0 Å².